The molecule has 6 nitrogen and oxygen atoms in total. The van der Waals surface area contributed by atoms with Gasteiger partial charge in [-0.3, -0.25) is 4.79 Å². The lowest BCUT2D eigenvalue weighted by atomic mass is 9.82. The van der Waals surface area contributed by atoms with Crippen molar-refractivity contribution < 1.29 is 24.6 Å². The fourth-order valence-corrected chi connectivity index (χ4v) is 2.44. The topological polar surface area (TPSA) is 109 Å². The van der Waals surface area contributed by atoms with Gasteiger partial charge in [0.15, 0.2) is 0 Å². The van der Waals surface area contributed by atoms with Gasteiger partial charge < -0.3 is 25.1 Å². The second-order valence-corrected chi connectivity index (χ2v) is 5.18. The Morgan fingerprint density at radius 2 is 1.59 bits per heavy atom. The van der Waals surface area contributed by atoms with Gasteiger partial charge in [0, 0.05) is 24.3 Å². The average molecular weight is 301 g/mol. The highest BCUT2D eigenvalue weighted by molar-refractivity contribution is 5.86. The minimum atomic E-state index is -1.26. The normalized spacial score (nSPS) is 20.4. The Bertz CT molecular complexity index is 605. The Morgan fingerprint density at radius 1 is 1.00 bits per heavy atom. The zero-order valence-electron chi connectivity index (χ0n) is 11.8. The second kappa shape index (κ2) is 6.89. The zero-order valence-corrected chi connectivity index (χ0v) is 11.8. The van der Waals surface area contributed by atoms with E-state index in [1.807, 2.05) is 0 Å². The van der Waals surface area contributed by atoms with Gasteiger partial charge in [-0.05, 0) is 24.0 Å². The molecule has 0 saturated heterocycles. The number of allylic oxidation sites excluding steroid dienone is 2. The molecule has 0 aliphatic heterocycles. The summed E-state index contributed by atoms with van der Waals surface area (Å²) in [4.78, 5) is 33.8. The van der Waals surface area contributed by atoms with Crippen molar-refractivity contribution in [3.63, 3.8) is 0 Å². The van der Waals surface area contributed by atoms with Crippen LogP contribution in [0.5, 0.6) is 0 Å². The number of amides is 1. The molecule has 0 radical (unpaired) electrons. The van der Waals surface area contributed by atoms with Gasteiger partial charge in [0.2, 0.25) is 5.91 Å². The van der Waals surface area contributed by atoms with Crippen LogP contribution < -0.4 is 15.5 Å². The van der Waals surface area contributed by atoms with Gasteiger partial charge in [-0.1, -0.05) is 36.4 Å². The van der Waals surface area contributed by atoms with Gasteiger partial charge in [-0.15, -0.1) is 0 Å². The van der Waals surface area contributed by atoms with Crippen molar-refractivity contribution in [1.29, 1.82) is 0 Å². The van der Waals surface area contributed by atoms with Crippen molar-refractivity contribution in [3.05, 3.63) is 47.5 Å². The average Bonchev–Trinajstić information content (AvgIpc) is 2.53. The first kappa shape index (κ1) is 15.8. The van der Waals surface area contributed by atoms with Crippen molar-refractivity contribution in [2.24, 2.45) is 11.8 Å². The number of benzene rings is 1. The number of carboxylic acid groups (broad SMARTS) is 2. The minimum Gasteiger partial charge on any atom is -0.550 e. The van der Waals surface area contributed by atoms with Gasteiger partial charge in [0.05, 0.1) is 5.97 Å². The third-order valence-corrected chi connectivity index (χ3v) is 3.73. The van der Waals surface area contributed by atoms with Gasteiger partial charge in [0.1, 0.15) is 0 Å². The number of aliphatic carboxylic acids is 1. The number of carbonyl (C=O) groups excluding carboxylic acids is 3. The van der Waals surface area contributed by atoms with Crippen molar-refractivity contribution in [2.75, 3.05) is 0 Å². The summed E-state index contributed by atoms with van der Waals surface area (Å²) in [6, 6.07) is 5.93. The summed E-state index contributed by atoms with van der Waals surface area (Å²) in [6.07, 6.45) is 4.19. The first-order valence-corrected chi connectivity index (χ1v) is 6.93. The Balaban J connectivity index is 1.95. The summed E-state index contributed by atoms with van der Waals surface area (Å²) in [7, 11) is 0. The first-order chi connectivity index (χ1) is 10.5. The van der Waals surface area contributed by atoms with Crippen LogP contribution in [-0.4, -0.2) is 17.8 Å². The minimum absolute atomic E-state index is 0.0597. The van der Waals surface area contributed by atoms with E-state index in [4.69, 9.17) is 0 Å². The lowest BCUT2D eigenvalue weighted by Gasteiger charge is -2.28. The fraction of sp³-hybridized carbons (Fsp3) is 0.312. The van der Waals surface area contributed by atoms with Crippen LogP contribution in [0.4, 0.5) is 0 Å². The molecule has 1 amide bonds. The second-order valence-electron chi connectivity index (χ2n) is 5.18. The van der Waals surface area contributed by atoms with E-state index < -0.39 is 23.8 Å². The maximum absolute atomic E-state index is 12.1. The molecule has 22 heavy (non-hydrogen) atoms. The molecule has 1 aromatic carbocycles. The third-order valence-electron chi connectivity index (χ3n) is 3.73. The predicted octanol–water partition coefficient (Wildman–Crippen LogP) is -1.00. The van der Waals surface area contributed by atoms with Crippen LogP contribution in [0.15, 0.2) is 36.4 Å². The number of hydrogen-bond donors (Lipinski definition) is 1. The molecule has 2 rings (SSSR count). The molecular weight excluding hydrogens is 286 g/mol. The largest absolute Gasteiger partial charge is 0.550 e. The van der Waals surface area contributed by atoms with E-state index in [9.17, 15) is 24.6 Å². The number of hydrogen-bond acceptors (Lipinski definition) is 5. The zero-order chi connectivity index (χ0) is 16.1. The maximum Gasteiger partial charge on any atom is 0.224 e. The van der Waals surface area contributed by atoms with Crippen molar-refractivity contribution in [2.45, 2.75) is 19.4 Å². The van der Waals surface area contributed by atoms with E-state index in [0.717, 1.165) is 5.56 Å². The summed E-state index contributed by atoms with van der Waals surface area (Å²) >= 11 is 0. The number of carbonyl (C=O) groups is 3. The maximum atomic E-state index is 12.1. The Hall–Kier alpha value is -2.63. The van der Waals surface area contributed by atoms with E-state index in [1.165, 1.54) is 12.1 Å². The molecule has 2 atom stereocenters. The van der Waals surface area contributed by atoms with Gasteiger partial charge in [-0.2, -0.15) is 0 Å². The van der Waals surface area contributed by atoms with E-state index in [0.29, 0.717) is 12.8 Å². The molecule has 1 aliphatic rings. The number of carboxylic acids is 2. The molecule has 2 unspecified atom stereocenters. The van der Waals surface area contributed by atoms with Crippen molar-refractivity contribution in [3.8, 4) is 0 Å². The summed E-state index contributed by atoms with van der Waals surface area (Å²) in [5, 5.41) is 24.4. The molecule has 0 saturated carbocycles. The summed E-state index contributed by atoms with van der Waals surface area (Å²) < 4.78 is 0. The summed E-state index contributed by atoms with van der Waals surface area (Å²) in [5.41, 5.74) is 0.777. The van der Waals surface area contributed by atoms with Gasteiger partial charge in [0.25, 0.3) is 0 Å². The van der Waals surface area contributed by atoms with Crippen LogP contribution in [-0.2, 0) is 16.1 Å². The molecular formula is C16H15NO5-2. The van der Waals surface area contributed by atoms with Crippen LogP contribution in [0.25, 0.3) is 0 Å². The molecule has 1 aliphatic carbocycles. The molecule has 1 aromatic rings. The summed E-state index contributed by atoms with van der Waals surface area (Å²) in [6.45, 7) is 0.201. The van der Waals surface area contributed by atoms with Gasteiger partial charge >= 0.3 is 0 Å². The van der Waals surface area contributed by atoms with Crippen LogP contribution in [0.1, 0.15) is 28.8 Å². The lowest BCUT2D eigenvalue weighted by molar-refractivity contribution is -0.313. The molecule has 0 aromatic heterocycles. The summed E-state index contributed by atoms with van der Waals surface area (Å²) in [5.74, 6) is -4.28. The predicted molar refractivity (Wildman–Crippen MR) is 73.0 cm³/mol. The number of rotatable bonds is 5. The SMILES string of the molecule is O=C([O-])c1ccc(CNC(=O)C2CC=CCC2C(=O)[O-])cc1. The molecule has 1 N–H and O–H groups in total. The van der Waals surface area contributed by atoms with Crippen molar-refractivity contribution >= 4 is 17.8 Å². The molecule has 0 fully saturated rings. The van der Waals surface area contributed by atoms with Crippen LogP contribution in [0.3, 0.4) is 0 Å². The molecule has 116 valence electrons. The first-order valence-electron chi connectivity index (χ1n) is 6.93. The van der Waals surface area contributed by atoms with E-state index in [2.05, 4.69) is 5.32 Å². The molecule has 0 spiro atoms. The van der Waals surface area contributed by atoms with Gasteiger partial charge in [-0.25, -0.2) is 0 Å². The molecule has 0 heterocycles. The number of nitrogens with one attached hydrogen (secondary N) is 1. The van der Waals surface area contributed by atoms with E-state index in [1.54, 1.807) is 24.3 Å². The third kappa shape index (κ3) is 3.72. The van der Waals surface area contributed by atoms with E-state index in [-0.39, 0.29) is 18.0 Å². The van der Waals surface area contributed by atoms with E-state index >= 15 is 0 Å². The quantitative estimate of drug-likeness (QED) is 0.701. The highest BCUT2D eigenvalue weighted by Gasteiger charge is 2.29. The van der Waals surface area contributed by atoms with Crippen LogP contribution >= 0.6 is 0 Å². The monoisotopic (exact) mass is 301 g/mol. The van der Waals surface area contributed by atoms with Crippen LogP contribution in [0.2, 0.25) is 0 Å². The Labute approximate surface area is 127 Å². The Morgan fingerprint density at radius 3 is 2.14 bits per heavy atom. The highest BCUT2D eigenvalue weighted by atomic mass is 16.4. The van der Waals surface area contributed by atoms with Crippen molar-refractivity contribution in [1.82, 2.24) is 5.32 Å². The number of aromatic carboxylic acids is 1. The standard InChI is InChI=1S/C16H17NO5/c18-14(12-3-1-2-4-13(12)16(21)22)17-9-10-5-7-11(8-6-10)15(19)20/h1-2,5-8,12-13H,3-4,9H2,(H,17,18)(H,19,20)(H,21,22)/p-2. The highest BCUT2D eigenvalue weighted by Crippen LogP contribution is 2.25. The Kier molecular flexibility index (Phi) is 4.93. The smallest absolute Gasteiger partial charge is 0.224 e. The van der Waals surface area contributed by atoms with Crippen LogP contribution in [0, 0.1) is 11.8 Å². The molecule has 6 heteroatoms. The molecule has 0 bridgehead atoms. The lowest BCUT2D eigenvalue weighted by Crippen LogP contribution is -2.43. The fourth-order valence-electron chi connectivity index (χ4n) is 2.44.